The number of hydrogen-bond acceptors (Lipinski definition) is 3. The van der Waals surface area contributed by atoms with Crippen molar-refractivity contribution in [3.8, 4) is 0 Å². The van der Waals surface area contributed by atoms with Gasteiger partial charge >= 0.3 is 0 Å². The Morgan fingerprint density at radius 2 is 1.63 bits per heavy atom. The molecule has 2 aromatic rings. The van der Waals surface area contributed by atoms with Crippen molar-refractivity contribution in [2.75, 3.05) is 18.1 Å². The first-order valence-electron chi connectivity index (χ1n) is 11.1. The Kier molecular flexibility index (Phi) is 5.07. The molecule has 156 valence electrons. The number of likely N-dealkylation sites (tertiary alicyclic amines) is 1. The Labute approximate surface area is 177 Å². The molecule has 30 heavy (non-hydrogen) atoms. The van der Waals surface area contributed by atoms with Gasteiger partial charge in [-0.25, -0.2) is 0 Å². The summed E-state index contributed by atoms with van der Waals surface area (Å²) in [6, 6.07) is 16.9. The van der Waals surface area contributed by atoms with Crippen molar-refractivity contribution in [2.24, 2.45) is 5.92 Å². The Morgan fingerprint density at radius 3 is 2.37 bits per heavy atom. The summed E-state index contributed by atoms with van der Waals surface area (Å²) in [5, 5.41) is 10.1. The lowest BCUT2D eigenvalue weighted by Gasteiger charge is -2.59. The molecule has 5 nitrogen and oxygen atoms in total. The van der Waals surface area contributed by atoms with Gasteiger partial charge in [-0.2, -0.15) is 0 Å². The molecule has 2 aliphatic heterocycles. The number of carbonyl (C=O) groups is 2. The summed E-state index contributed by atoms with van der Waals surface area (Å²) in [7, 11) is 0. The van der Waals surface area contributed by atoms with E-state index in [-0.39, 0.29) is 42.3 Å². The Bertz CT molecular complexity index is 938. The maximum absolute atomic E-state index is 13.5. The van der Waals surface area contributed by atoms with Crippen LogP contribution in [0.4, 0.5) is 5.69 Å². The molecule has 0 spiro atoms. The molecule has 2 amide bonds. The number of fused-ring (bicyclic) bond motifs is 3. The lowest BCUT2D eigenvalue weighted by atomic mass is 9.71. The summed E-state index contributed by atoms with van der Waals surface area (Å²) >= 11 is 0. The molecule has 3 atom stereocenters. The van der Waals surface area contributed by atoms with Crippen LogP contribution in [0.25, 0.3) is 0 Å². The number of anilines is 1. The van der Waals surface area contributed by atoms with Gasteiger partial charge in [0.25, 0.3) is 5.91 Å². The van der Waals surface area contributed by atoms with Crippen molar-refractivity contribution in [3.05, 3.63) is 65.7 Å². The number of carbonyl (C=O) groups excluding carboxylic acids is 2. The third-order valence-corrected chi connectivity index (χ3v) is 7.16. The zero-order valence-electron chi connectivity index (χ0n) is 17.1. The van der Waals surface area contributed by atoms with Crippen LogP contribution in [0.5, 0.6) is 0 Å². The van der Waals surface area contributed by atoms with Crippen LogP contribution >= 0.6 is 0 Å². The predicted octanol–water partition coefficient (Wildman–Crippen LogP) is 3.58. The van der Waals surface area contributed by atoms with Crippen LogP contribution in [0.3, 0.4) is 0 Å². The molecule has 0 bridgehead atoms. The molecule has 3 aliphatic rings. The van der Waals surface area contributed by atoms with E-state index in [1.807, 2.05) is 53.4 Å². The second-order valence-electron chi connectivity index (χ2n) is 8.76. The second kappa shape index (κ2) is 7.88. The molecule has 0 radical (unpaired) electrons. The standard InChI is InChI=1S/C25H28N2O3/c28-16-22-23-19-13-7-8-14-20(19)26(24(29)17-9-3-1-4-10-17)15-21(23)27(22)25(30)18-11-5-2-6-12-18/h2,5-8,11-14,17,21-23,28H,1,3-4,9-10,15-16H2/t21-,22-,23+/m1/s1. The van der Waals surface area contributed by atoms with Gasteiger partial charge in [0.05, 0.1) is 18.7 Å². The molecule has 2 aromatic carbocycles. The fraction of sp³-hybridized carbons (Fsp3) is 0.440. The van der Waals surface area contributed by atoms with Crippen molar-refractivity contribution in [2.45, 2.75) is 50.1 Å². The van der Waals surface area contributed by atoms with Crippen molar-refractivity contribution in [3.63, 3.8) is 0 Å². The zero-order chi connectivity index (χ0) is 20.7. The van der Waals surface area contributed by atoms with Gasteiger partial charge in [0, 0.05) is 29.6 Å². The Hall–Kier alpha value is -2.66. The first-order valence-corrected chi connectivity index (χ1v) is 11.1. The highest BCUT2D eigenvalue weighted by Gasteiger charge is 2.55. The largest absolute Gasteiger partial charge is 0.394 e. The normalized spacial score (nSPS) is 25.8. The highest BCUT2D eigenvalue weighted by molar-refractivity contribution is 5.99. The fourth-order valence-electron chi connectivity index (χ4n) is 5.67. The molecule has 1 N–H and O–H groups in total. The first-order chi connectivity index (χ1) is 14.7. The number of nitrogens with zero attached hydrogens (tertiary/aromatic N) is 2. The van der Waals surface area contributed by atoms with Crippen LogP contribution in [-0.2, 0) is 4.79 Å². The molecule has 0 aromatic heterocycles. The number of hydrogen-bond donors (Lipinski definition) is 1. The average Bonchev–Trinajstić information content (AvgIpc) is 2.80. The van der Waals surface area contributed by atoms with Gasteiger partial charge in [-0.05, 0) is 36.6 Å². The average molecular weight is 405 g/mol. The number of para-hydroxylation sites is 1. The van der Waals surface area contributed by atoms with E-state index >= 15 is 0 Å². The first kappa shape index (κ1) is 19.3. The van der Waals surface area contributed by atoms with Crippen LogP contribution < -0.4 is 4.90 Å². The number of benzene rings is 2. The zero-order valence-corrected chi connectivity index (χ0v) is 17.1. The van der Waals surface area contributed by atoms with Crippen LogP contribution in [0, 0.1) is 5.92 Å². The monoisotopic (exact) mass is 404 g/mol. The van der Waals surface area contributed by atoms with Crippen LogP contribution in [-0.4, -0.2) is 47.1 Å². The van der Waals surface area contributed by atoms with Gasteiger partial charge in [-0.1, -0.05) is 55.7 Å². The van der Waals surface area contributed by atoms with Crippen LogP contribution in [0.2, 0.25) is 0 Å². The number of amides is 2. The maximum Gasteiger partial charge on any atom is 0.254 e. The highest BCUT2D eigenvalue weighted by atomic mass is 16.3. The van der Waals surface area contributed by atoms with Gasteiger partial charge in [0.2, 0.25) is 5.91 Å². The topological polar surface area (TPSA) is 60.9 Å². The van der Waals surface area contributed by atoms with Gasteiger partial charge < -0.3 is 14.9 Å². The lowest BCUT2D eigenvalue weighted by Crippen LogP contribution is -2.71. The predicted molar refractivity (Wildman–Crippen MR) is 115 cm³/mol. The van der Waals surface area contributed by atoms with Crippen LogP contribution in [0.1, 0.15) is 53.9 Å². The van der Waals surface area contributed by atoms with E-state index in [4.69, 9.17) is 0 Å². The minimum atomic E-state index is -0.254. The van der Waals surface area contributed by atoms with Gasteiger partial charge in [0.1, 0.15) is 0 Å². The Morgan fingerprint density at radius 1 is 0.933 bits per heavy atom. The molecular formula is C25H28N2O3. The highest BCUT2D eigenvalue weighted by Crippen LogP contribution is 2.49. The maximum atomic E-state index is 13.5. The smallest absolute Gasteiger partial charge is 0.254 e. The molecule has 0 unspecified atom stereocenters. The summed E-state index contributed by atoms with van der Waals surface area (Å²) in [4.78, 5) is 30.4. The van der Waals surface area contributed by atoms with E-state index in [0.717, 1.165) is 36.9 Å². The third-order valence-electron chi connectivity index (χ3n) is 7.16. The van der Waals surface area contributed by atoms with Crippen LogP contribution in [0.15, 0.2) is 54.6 Å². The molecular weight excluding hydrogens is 376 g/mol. The van der Waals surface area contributed by atoms with Gasteiger partial charge in [-0.15, -0.1) is 0 Å². The SMILES string of the molecule is O=C(C1CCCCC1)N1C[C@@H]2[C@H](c3ccccc31)[C@@H](CO)N2C(=O)c1ccccc1. The molecule has 2 heterocycles. The molecule has 1 aliphatic carbocycles. The van der Waals surface area contributed by atoms with E-state index in [9.17, 15) is 14.7 Å². The Balaban J connectivity index is 1.49. The fourth-order valence-corrected chi connectivity index (χ4v) is 5.67. The molecule has 1 saturated carbocycles. The third kappa shape index (κ3) is 3.03. The minimum absolute atomic E-state index is 0.0641. The summed E-state index contributed by atoms with van der Waals surface area (Å²) in [5.41, 5.74) is 2.66. The number of rotatable bonds is 3. The van der Waals surface area contributed by atoms with E-state index < -0.39 is 0 Å². The molecule has 1 saturated heterocycles. The van der Waals surface area contributed by atoms with E-state index in [1.165, 1.54) is 6.42 Å². The van der Waals surface area contributed by atoms with E-state index in [2.05, 4.69) is 6.07 Å². The van der Waals surface area contributed by atoms with E-state index in [0.29, 0.717) is 12.1 Å². The minimum Gasteiger partial charge on any atom is -0.394 e. The van der Waals surface area contributed by atoms with Crippen molar-refractivity contribution in [1.82, 2.24) is 4.90 Å². The molecule has 2 fully saturated rings. The quantitative estimate of drug-likeness (QED) is 0.851. The summed E-state index contributed by atoms with van der Waals surface area (Å²) < 4.78 is 0. The van der Waals surface area contributed by atoms with Crippen molar-refractivity contribution < 1.29 is 14.7 Å². The summed E-state index contributed by atoms with van der Waals surface area (Å²) in [6.45, 7) is 0.427. The van der Waals surface area contributed by atoms with Gasteiger partial charge in [-0.3, -0.25) is 9.59 Å². The van der Waals surface area contributed by atoms with E-state index in [1.54, 1.807) is 4.90 Å². The number of aliphatic hydroxyl groups is 1. The second-order valence-corrected chi connectivity index (χ2v) is 8.76. The summed E-state index contributed by atoms with van der Waals surface area (Å²) in [5.74, 6) is 0.269. The molecule has 5 heteroatoms. The van der Waals surface area contributed by atoms with Crippen molar-refractivity contribution >= 4 is 17.5 Å². The number of aliphatic hydroxyl groups excluding tert-OH is 1. The lowest BCUT2D eigenvalue weighted by molar-refractivity contribution is -0.124. The molecule has 5 rings (SSSR count). The van der Waals surface area contributed by atoms with Gasteiger partial charge in [0.15, 0.2) is 0 Å². The summed E-state index contributed by atoms with van der Waals surface area (Å²) in [6.07, 6.45) is 5.35. The van der Waals surface area contributed by atoms with Crippen molar-refractivity contribution in [1.29, 1.82) is 0 Å².